The van der Waals surface area contributed by atoms with Crippen LogP contribution in [0.3, 0.4) is 0 Å². The van der Waals surface area contributed by atoms with Gasteiger partial charge in [0.15, 0.2) is 12.1 Å². The van der Waals surface area contributed by atoms with E-state index in [-0.39, 0.29) is 11.6 Å². The Morgan fingerprint density at radius 1 is 1.00 bits per heavy atom. The summed E-state index contributed by atoms with van der Waals surface area (Å²) in [7, 11) is -3.02. The van der Waals surface area contributed by atoms with Crippen LogP contribution in [-0.2, 0) is 18.6 Å². The molecule has 5 atom stereocenters. The highest BCUT2D eigenvalue weighted by molar-refractivity contribution is 6.99. The third kappa shape index (κ3) is 4.41. The third-order valence-corrected chi connectivity index (χ3v) is 11.5. The lowest BCUT2D eigenvalue weighted by atomic mass is 9.98. The molecule has 2 heterocycles. The number of aliphatic hydroxyl groups excluding tert-OH is 1. The first kappa shape index (κ1) is 24.9. The number of hydrogen-bond acceptors (Lipinski definition) is 6. The van der Waals surface area contributed by atoms with Gasteiger partial charge in [0.25, 0.3) is 8.32 Å². The van der Waals surface area contributed by atoms with Gasteiger partial charge in [0.1, 0.15) is 24.4 Å². The molecule has 2 saturated heterocycles. The molecule has 2 aliphatic heterocycles. The van der Waals surface area contributed by atoms with E-state index in [0.717, 1.165) is 10.4 Å². The number of rotatable bonds is 6. The van der Waals surface area contributed by atoms with Crippen molar-refractivity contribution in [2.24, 2.45) is 5.11 Å². The van der Waals surface area contributed by atoms with Gasteiger partial charge in [-0.25, -0.2) is 0 Å². The van der Waals surface area contributed by atoms with Crippen LogP contribution in [0, 0.1) is 0 Å². The van der Waals surface area contributed by atoms with Crippen molar-refractivity contribution in [3.8, 4) is 0 Å². The maximum absolute atomic E-state index is 10.1. The van der Waals surface area contributed by atoms with Crippen LogP contribution < -0.4 is 10.4 Å². The van der Waals surface area contributed by atoms with Crippen LogP contribution in [0.25, 0.3) is 10.4 Å². The van der Waals surface area contributed by atoms with Gasteiger partial charge >= 0.3 is 0 Å². The highest BCUT2D eigenvalue weighted by Gasteiger charge is 2.59. The van der Waals surface area contributed by atoms with Crippen LogP contribution in [0.4, 0.5) is 0 Å². The molecule has 2 aromatic rings. The fourth-order valence-corrected chi connectivity index (χ4v) is 9.70. The molecule has 2 fully saturated rings. The van der Waals surface area contributed by atoms with Crippen molar-refractivity contribution in [2.75, 3.05) is 6.61 Å². The highest BCUT2D eigenvalue weighted by Crippen LogP contribution is 2.43. The Labute approximate surface area is 201 Å². The second-order valence-electron chi connectivity index (χ2n) is 10.3. The van der Waals surface area contributed by atoms with Gasteiger partial charge in [-0.2, -0.15) is 0 Å². The second kappa shape index (κ2) is 9.43. The van der Waals surface area contributed by atoms with E-state index in [4.69, 9.17) is 18.6 Å². The molecule has 0 radical (unpaired) electrons. The predicted octanol–water partition coefficient (Wildman–Crippen LogP) is 3.48. The SMILES string of the molecule is CC1(C)O[C@@H]2[C@@H](N=[N+]=[N-])[C@H](O[Si](c3ccccc3)(c3ccccc3)C(C)(C)C)O[C@H](CO)[C@@H]2O1. The van der Waals surface area contributed by atoms with Crippen molar-refractivity contribution in [3.05, 3.63) is 71.1 Å². The smallest absolute Gasteiger partial charge is 0.264 e. The van der Waals surface area contributed by atoms with Gasteiger partial charge in [-0.3, -0.25) is 0 Å². The summed E-state index contributed by atoms with van der Waals surface area (Å²) >= 11 is 0. The molecular weight excluding hydrogens is 450 g/mol. The minimum atomic E-state index is -3.02. The molecule has 182 valence electrons. The normalized spacial score (nSPS) is 28.7. The summed E-state index contributed by atoms with van der Waals surface area (Å²) < 4.78 is 25.6. The molecular formula is C25H33N3O5Si. The molecule has 0 saturated carbocycles. The number of aliphatic hydroxyl groups is 1. The van der Waals surface area contributed by atoms with Crippen LogP contribution in [-0.4, -0.2) is 56.5 Å². The van der Waals surface area contributed by atoms with E-state index in [9.17, 15) is 10.6 Å². The van der Waals surface area contributed by atoms with Crippen molar-refractivity contribution < 1.29 is 23.7 Å². The van der Waals surface area contributed by atoms with Crippen molar-refractivity contribution >= 4 is 18.7 Å². The number of azide groups is 1. The summed E-state index contributed by atoms with van der Waals surface area (Å²) in [5, 5.41) is 16.0. The Bertz CT molecular complexity index is 984. The van der Waals surface area contributed by atoms with E-state index in [1.807, 2.05) is 36.4 Å². The van der Waals surface area contributed by atoms with E-state index in [2.05, 4.69) is 55.1 Å². The van der Waals surface area contributed by atoms with Crippen molar-refractivity contribution in [3.63, 3.8) is 0 Å². The monoisotopic (exact) mass is 483 g/mol. The highest BCUT2D eigenvalue weighted by atomic mass is 28.4. The van der Waals surface area contributed by atoms with Crippen LogP contribution in [0.1, 0.15) is 34.6 Å². The number of benzene rings is 2. The third-order valence-electron chi connectivity index (χ3n) is 6.53. The molecule has 0 aliphatic carbocycles. The summed E-state index contributed by atoms with van der Waals surface area (Å²) in [6.07, 6.45) is -2.80. The molecule has 9 heteroatoms. The molecule has 2 aliphatic rings. The topological polar surface area (TPSA) is 106 Å². The zero-order valence-corrected chi connectivity index (χ0v) is 21.3. The lowest BCUT2D eigenvalue weighted by Gasteiger charge is -2.48. The molecule has 8 nitrogen and oxygen atoms in total. The van der Waals surface area contributed by atoms with Crippen molar-refractivity contribution in [1.82, 2.24) is 0 Å². The quantitative estimate of drug-likeness (QED) is 0.293. The van der Waals surface area contributed by atoms with Gasteiger partial charge < -0.3 is 23.7 Å². The summed E-state index contributed by atoms with van der Waals surface area (Å²) in [4.78, 5) is 3.09. The zero-order chi connectivity index (χ0) is 24.6. The fraction of sp³-hybridized carbons (Fsp3) is 0.520. The maximum atomic E-state index is 10.1. The average molecular weight is 484 g/mol. The number of nitrogens with zero attached hydrogens (tertiary/aromatic N) is 3. The Hall–Kier alpha value is -2.23. The van der Waals surface area contributed by atoms with E-state index in [1.165, 1.54) is 0 Å². The van der Waals surface area contributed by atoms with Crippen molar-refractivity contribution in [2.45, 2.75) is 76.1 Å². The standard InChI is InChI=1S/C25H33N3O5Si/c1-24(2,3)34(17-12-8-6-9-13-17,18-14-10-7-11-15-18)33-23-20(27-28-26)22-21(19(16-29)30-23)31-25(4,5)32-22/h6-15,19-23,29H,16H2,1-5H3/t19-,20-,21+,22-,23+/m1/s1. The number of fused-ring (bicyclic) bond motifs is 1. The molecule has 0 bridgehead atoms. The summed E-state index contributed by atoms with van der Waals surface area (Å²) in [6.45, 7) is 9.81. The van der Waals surface area contributed by atoms with Gasteiger partial charge in [-0.05, 0) is 34.8 Å². The van der Waals surface area contributed by atoms with Crippen LogP contribution >= 0.6 is 0 Å². The molecule has 0 unspecified atom stereocenters. The fourth-order valence-electron chi connectivity index (χ4n) is 5.14. The lowest BCUT2D eigenvalue weighted by Crippen LogP contribution is -2.70. The largest absolute Gasteiger partial charge is 0.394 e. The average Bonchev–Trinajstić information content (AvgIpc) is 3.14. The Balaban J connectivity index is 1.86. The van der Waals surface area contributed by atoms with Crippen molar-refractivity contribution in [1.29, 1.82) is 0 Å². The van der Waals surface area contributed by atoms with Gasteiger partial charge in [-0.1, -0.05) is 86.5 Å². The Morgan fingerprint density at radius 3 is 2.00 bits per heavy atom. The zero-order valence-electron chi connectivity index (χ0n) is 20.3. The molecule has 2 aromatic carbocycles. The Morgan fingerprint density at radius 2 is 1.53 bits per heavy atom. The van der Waals surface area contributed by atoms with E-state index in [0.29, 0.717) is 0 Å². The Kier molecular flexibility index (Phi) is 6.90. The minimum absolute atomic E-state index is 0.274. The van der Waals surface area contributed by atoms with Gasteiger partial charge in [0.2, 0.25) is 0 Å². The first-order valence-electron chi connectivity index (χ1n) is 11.6. The molecule has 34 heavy (non-hydrogen) atoms. The number of hydrogen-bond donors (Lipinski definition) is 1. The summed E-state index contributed by atoms with van der Waals surface area (Å²) in [5.41, 5.74) is 9.41. The molecule has 1 N–H and O–H groups in total. The summed E-state index contributed by atoms with van der Waals surface area (Å²) in [6, 6.07) is 19.5. The summed E-state index contributed by atoms with van der Waals surface area (Å²) in [5.74, 6) is -0.901. The first-order chi connectivity index (χ1) is 16.1. The molecule has 0 spiro atoms. The first-order valence-corrected chi connectivity index (χ1v) is 13.5. The van der Waals surface area contributed by atoms with E-state index < -0.39 is 44.7 Å². The van der Waals surface area contributed by atoms with Gasteiger partial charge in [0, 0.05) is 4.91 Å². The predicted molar refractivity (Wildman–Crippen MR) is 131 cm³/mol. The van der Waals surface area contributed by atoms with Crippen LogP contribution in [0.5, 0.6) is 0 Å². The molecule has 0 amide bonds. The molecule has 0 aromatic heterocycles. The van der Waals surface area contributed by atoms with Gasteiger partial charge in [-0.15, -0.1) is 0 Å². The van der Waals surface area contributed by atoms with Gasteiger partial charge in [0.05, 0.1) is 6.61 Å². The van der Waals surface area contributed by atoms with Crippen LogP contribution in [0.2, 0.25) is 5.04 Å². The van der Waals surface area contributed by atoms with E-state index in [1.54, 1.807) is 13.8 Å². The lowest BCUT2D eigenvalue weighted by molar-refractivity contribution is -0.218. The second-order valence-corrected chi connectivity index (χ2v) is 14.5. The maximum Gasteiger partial charge on any atom is 0.264 e. The molecule has 4 rings (SSSR count). The minimum Gasteiger partial charge on any atom is -0.394 e. The van der Waals surface area contributed by atoms with E-state index >= 15 is 0 Å². The van der Waals surface area contributed by atoms with Crippen LogP contribution in [0.15, 0.2) is 65.8 Å². The number of ether oxygens (including phenoxy) is 3.